The maximum Gasteiger partial charge on any atom is 0.106 e. The molecule has 5 heteroatoms. The molecule has 76 valence electrons. The molecule has 0 saturated carbocycles. The van der Waals surface area contributed by atoms with Crippen molar-refractivity contribution in [3.63, 3.8) is 0 Å². The maximum absolute atomic E-state index is 5.58. The van der Waals surface area contributed by atoms with E-state index < -0.39 is 0 Å². The Morgan fingerprint density at radius 3 is 3.14 bits per heavy atom. The molecule has 0 amide bonds. The molecule has 14 heavy (non-hydrogen) atoms. The first kappa shape index (κ1) is 11.3. The lowest BCUT2D eigenvalue weighted by molar-refractivity contribution is 1.20. The number of nitrogens with one attached hydrogen (secondary N) is 1. The van der Waals surface area contributed by atoms with Gasteiger partial charge in [0.15, 0.2) is 0 Å². The molecule has 1 heterocycles. The molecule has 1 aromatic heterocycles. The fraction of sp³-hybridized carbons (Fsp3) is 0.333. The van der Waals surface area contributed by atoms with E-state index in [1.165, 1.54) is 0 Å². The molecule has 0 bridgehead atoms. The molecule has 0 aliphatic carbocycles. The summed E-state index contributed by atoms with van der Waals surface area (Å²) in [4.78, 5) is 4.42. The van der Waals surface area contributed by atoms with E-state index in [9.17, 15) is 0 Å². The van der Waals surface area contributed by atoms with E-state index in [0.29, 0.717) is 4.99 Å². The minimum Gasteiger partial charge on any atom is -0.389 e. The fourth-order valence-electron chi connectivity index (χ4n) is 1.04. The van der Waals surface area contributed by atoms with Crippen molar-refractivity contribution in [2.24, 2.45) is 5.73 Å². The van der Waals surface area contributed by atoms with Crippen LogP contribution in [0.1, 0.15) is 5.56 Å². The Balaban J connectivity index is 2.69. The zero-order valence-electron chi connectivity index (χ0n) is 7.99. The van der Waals surface area contributed by atoms with Gasteiger partial charge in [-0.05, 0) is 12.3 Å². The number of pyridine rings is 1. The summed E-state index contributed by atoms with van der Waals surface area (Å²) < 4.78 is 0. The van der Waals surface area contributed by atoms with Gasteiger partial charge >= 0.3 is 0 Å². The van der Waals surface area contributed by atoms with Crippen LogP contribution in [0.2, 0.25) is 0 Å². The minimum atomic E-state index is 0.402. The van der Waals surface area contributed by atoms with Crippen LogP contribution in [0.25, 0.3) is 0 Å². The highest BCUT2D eigenvalue weighted by Gasteiger charge is 2.03. The Bertz CT molecular complexity index is 315. The molecule has 0 spiro atoms. The molecule has 1 rings (SSSR count). The van der Waals surface area contributed by atoms with Crippen LogP contribution in [0.5, 0.6) is 0 Å². The third kappa shape index (κ3) is 3.16. The molecule has 0 unspecified atom stereocenters. The number of anilines is 1. The second kappa shape index (κ2) is 5.82. The maximum atomic E-state index is 5.58. The number of nitrogens with zero attached hydrogens (tertiary/aromatic N) is 1. The lowest BCUT2D eigenvalue weighted by Crippen LogP contribution is -2.14. The highest BCUT2D eigenvalue weighted by atomic mass is 32.2. The highest BCUT2D eigenvalue weighted by molar-refractivity contribution is 7.98. The number of hydrogen-bond donors (Lipinski definition) is 2. The van der Waals surface area contributed by atoms with E-state index in [-0.39, 0.29) is 0 Å². The smallest absolute Gasteiger partial charge is 0.106 e. The number of nitrogens with two attached hydrogens (primary N) is 1. The van der Waals surface area contributed by atoms with Gasteiger partial charge < -0.3 is 11.1 Å². The Morgan fingerprint density at radius 1 is 1.71 bits per heavy atom. The van der Waals surface area contributed by atoms with E-state index in [1.807, 2.05) is 6.07 Å². The quantitative estimate of drug-likeness (QED) is 0.589. The predicted molar refractivity (Wildman–Crippen MR) is 67.0 cm³/mol. The lowest BCUT2D eigenvalue weighted by atomic mass is 10.2. The van der Waals surface area contributed by atoms with Crippen molar-refractivity contribution < 1.29 is 0 Å². The fourth-order valence-corrected chi connectivity index (χ4v) is 1.52. The normalized spacial score (nSPS) is 9.79. The summed E-state index contributed by atoms with van der Waals surface area (Å²) in [6.45, 7) is 0.891. The lowest BCUT2D eigenvalue weighted by Gasteiger charge is -2.09. The molecule has 0 atom stereocenters. The number of rotatable bonds is 5. The molecular weight excluding hydrogens is 214 g/mol. The number of hydrogen-bond acceptors (Lipinski definition) is 4. The van der Waals surface area contributed by atoms with E-state index in [1.54, 1.807) is 24.2 Å². The van der Waals surface area contributed by atoms with Gasteiger partial charge in [-0.15, -0.1) is 0 Å². The van der Waals surface area contributed by atoms with Gasteiger partial charge in [0.1, 0.15) is 4.99 Å². The Kier molecular flexibility index (Phi) is 4.69. The summed E-state index contributed by atoms with van der Waals surface area (Å²) in [6, 6.07) is 1.82. The van der Waals surface area contributed by atoms with Crippen molar-refractivity contribution >= 4 is 34.7 Å². The van der Waals surface area contributed by atoms with Gasteiger partial charge in [-0.2, -0.15) is 11.8 Å². The molecule has 3 nitrogen and oxygen atoms in total. The van der Waals surface area contributed by atoms with Gasteiger partial charge in [-0.3, -0.25) is 4.98 Å². The van der Waals surface area contributed by atoms with Crippen LogP contribution in [-0.4, -0.2) is 28.5 Å². The number of thioether (sulfide) groups is 1. The molecule has 0 fully saturated rings. The summed E-state index contributed by atoms with van der Waals surface area (Å²) in [5.74, 6) is 1.05. The van der Waals surface area contributed by atoms with Gasteiger partial charge in [-0.25, -0.2) is 0 Å². The van der Waals surface area contributed by atoms with Gasteiger partial charge in [0, 0.05) is 24.1 Å². The summed E-state index contributed by atoms with van der Waals surface area (Å²) in [5.41, 5.74) is 7.35. The number of thiocarbonyl (C=S) groups is 1. The second-order valence-electron chi connectivity index (χ2n) is 2.71. The van der Waals surface area contributed by atoms with Gasteiger partial charge in [0.25, 0.3) is 0 Å². The second-order valence-corrected chi connectivity index (χ2v) is 4.13. The summed E-state index contributed by atoms with van der Waals surface area (Å²) in [5, 5.41) is 3.24. The van der Waals surface area contributed by atoms with Crippen LogP contribution in [-0.2, 0) is 0 Å². The van der Waals surface area contributed by atoms with Crippen molar-refractivity contribution in [2.75, 3.05) is 23.9 Å². The van der Waals surface area contributed by atoms with Crippen LogP contribution in [0.3, 0.4) is 0 Å². The summed E-state index contributed by atoms with van der Waals surface area (Å²) >= 11 is 6.72. The zero-order valence-corrected chi connectivity index (χ0v) is 9.62. The average Bonchev–Trinajstić information content (AvgIpc) is 2.19. The standard InChI is InChI=1S/C9H13N3S2/c1-14-5-4-12-8-6-11-3-2-7(8)9(10)13/h2-3,6,12H,4-5H2,1H3,(H2,10,13). The molecule has 1 aromatic rings. The van der Waals surface area contributed by atoms with Crippen LogP contribution in [0, 0.1) is 0 Å². The third-order valence-electron chi connectivity index (χ3n) is 1.71. The Labute approximate surface area is 93.5 Å². The summed E-state index contributed by atoms with van der Waals surface area (Å²) in [6.07, 6.45) is 5.50. The third-order valence-corrected chi connectivity index (χ3v) is 2.54. The van der Waals surface area contributed by atoms with Crippen LogP contribution >= 0.6 is 24.0 Å². The number of aromatic nitrogens is 1. The molecule has 0 saturated heterocycles. The van der Waals surface area contributed by atoms with E-state index >= 15 is 0 Å². The van der Waals surface area contributed by atoms with Gasteiger partial charge in [-0.1, -0.05) is 12.2 Å². The first-order chi connectivity index (χ1) is 6.75. The van der Waals surface area contributed by atoms with Gasteiger partial charge in [0.05, 0.1) is 11.9 Å². The van der Waals surface area contributed by atoms with Crippen molar-refractivity contribution in [3.05, 3.63) is 24.0 Å². The molecule has 0 aliphatic rings. The van der Waals surface area contributed by atoms with E-state index in [0.717, 1.165) is 23.5 Å². The Morgan fingerprint density at radius 2 is 2.50 bits per heavy atom. The zero-order chi connectivity index (χ0) is 10.4. The van der Waals surface area contributed by atoms with E-state index in [2.05, 4.69) is 16.6 Å². The van der Waals surface area contributed by atoms with Crippen molar-refractivity contribution in [2.45, 2.75) is 0 Å². The van der Waals surface area contributed by atoms with Crippen LogP contribution < -0.4 is 11.1 Å². The highest BCUT2D eigenvalue weighted by Crippen LogP contribution is 2.12. The van der Waals surface area contributed by atoms with Crippen molar-refractivity contribution in [1.82, 2.24) is 4.98 Å². The Hall–Kier alpha value is -0.810. The monoisotopic (exact) mass is 227 g/mol. The van der Waals surface area contributed by atoms with Crippen LogP contribution in [0.15, 0.2) is 18.5 Å². The molecule has 0 radical (unpaired) electrons. The molecule has 3 N–H and O–H groups in total. The van der Waals surface area contributed by atoms with E-state index in [4.69, 9.17) is 18.0 Å². The summed E-state index contributed by atoms with van der Waals surface area (Å²) in [7, 11) is 0. The predicted octanol–water partition coefficient (Wildman–Crippen LogP) is 1.49. The van der Waals surface area contributed by atoms with Crippen molar-refractivity contribution in [3.8, 4) is 0 Å². The van der Waals surface area contributed by atoms with Gasteiger partial charge in [0.2, 0.25) is 0 Å². The molecule has 0 aromatic carbocycles. The minimum absolute atomic E-state index is 0.402. The average molecular weight is 227 g/mol. The largest absolute Gasteiger partial charge is 0.389 e. The topological polar surface area (TPSA) is 50.9 Å². The van der Waals surface area contributed by atoms with Crippen molar-refractivity contribution in [1.29, 1.82) is 0 Å². The van der Waals surface area contributed by atoms with Crippen LogP contribution in [0.4, 0.5) is 5.69 Å². The molecular formula is C9H13N3S2. The SMILES string of the molecule is CSCCNc1cnccc1C(N)=S. The molecule has 0 aliphatic heterocycles. The first-order valence-electron chi connectivity index (χ1n) is 4.22. The first-order valence-corrected chi connectivity index (χ1v) is 6.02.